The van der Waals surface area contributed by atoms with Crippen LogP contribution in [0.2, 0.25) is 0 Å². The molecule has 0 N–H and O–H groups in total. The van der Waals surface area contributed by atoms with E-state index >= 15 is 0 Å². The van der Waals surface area contributed by atoms with Gasteiger partial charge in [0.05, 0.1) is 0 Å². The van der Waals surface area contributed by atoms with Gasteiger partial charge in [-0.15, -0.1) is 0 Å². The number of benzene rings is 4. The maximum atomic E-state index is 4.87. The summed E-state index contributed by atoms with van der Waals surface area (Å²) in [7, 11) is 0. The van der Waals surface area contributed by atoms with Crippen molar-refractivity contribution in [2.45, 2.75) is 0 Å². The molecule has 31 heavy (non-hydrogen) atoms. The molecule has 6 rings (SSSR count). The van der Waals surface area contributed by atoms with E-state index in [1.54, 1.807) is 0 Å². The molecule has 0 radical (unpaired) electrons. The second kappa shape index (κ2) is 7.74. The summed E-state index contributed by atoms with van der Waals surface area (Å²) >= 11 is -0.387. The van der Waals surface area contributed by atoms with Gasteiger partial charge in [0.25, 0.3) is 0 Å². The normalized spacial score (nSPS) is 11.2. The van der Waals surface area contributed by atoms with Crippen LogP contribution in [-0.2, 0) is 0 Å². The van der Waals surface area contributed by atoms with E-state index in [0.29, 0.717) is 11.6 Å². The van der Waals surface area contributed by atoms with Gasteiger partial charge in [0.2, 0.25) is 0 Å². The molecule has 0 saturated heterocycles. The van der Waals surface area contributed by atoms with Crippen LogP contribution in [0.1, 0.15) is 0 Å². The van der Waals surface area contributed by atoms with E-state index in [0.717, 1.165) is 22.5 Å². The fraction of sp³-hybridized carbons (Fsp3) is 0. The van der Waals surface area contributed by atoms with E-state index in [9.17, 15) is 0 Å². The summed E-state index contributed by atoms with van der Waals surface area (Å²) in [6.45, 7) is 0. The van der Waals surface area contributed by atoms with E-state index < -0.39 is 0 Å². The zero-order valence-corrected chi connectivity index (χ0v) is 18.9. The molecule has 0 bridgehead atoms. The van der Waals surface area contributed by atoms with E-state index in [1.807, 2.05) is 60.7 Å². The predicted molar refractivity (Wildman–Crippen MR) is 128 cm³/mol. The van der Waals surface area contributed by atoms with E-state index in [-0.39, 0.29) is 20.4 Å². The van der Waals surface area contributed by atoms with E-state index in [4.69, 9.17) is 15.0 Å². The minimum atomic E-state index is -0.387. The van der Waals surface area contributed by atoms with Gasteiger partial charge in [0.1, 0.15) is 0 Å². The molecule has 0 aliphatic rings. The number of nitrogens with zero attached hydrogens (tertiary/aromatic N) is 3. The molecule has 4 aromatic carbocycles. The average Bonchev–Trinajstić information content (AvgIpc) is 3.23. The molecular weight excluding hydrogens is 494 g/mol. The number of aromatic nitrogens is 3. The van der Waals surface area contributed by atoms with Crippen LogP contribution in [0.4, 0.5) is 0 Å². The zero-order valence-electron chi connectivity index (χ0n) is 16.6. The minimum absolute atomic E-state index is 0.387. The molecule has 2 heterocycles. The fourth-order valence-electron chi connectivity index (χ4n) is 3.80. The molecule has 0 saturated carbocycles. The third-order valence-corrected chi connectivity index (χ3v) is 8.57. The summed E-state index contributed by atoms with van der Waals surface area (Å²) in [5.41, 5.74) is 3.03. The van der Waals surface area contributed by atoms with Gasteiger partial charge in [-0.25, -0.2) is 0 Å². The summed E-state index contributed by atoms with van der Waals surface area (Å²) in [5.74, 6) is 2.12. The molecule has 4 heteroatoms. The van der Waals surface area contributed by atoms with Gasteiger partial charge >= 0.3 is 190 Å². The van der Waals surface area contributed by atoms with Crippen LogP contribution in [0, 0.1) is 0 Å². The maximum absolute atomic E-state index is 4.87. The summed E-state index contributed by atoms with van der Waals surface area (Å²) in [4.78, 5) is 14.5. The third kappa shape index (κ3) is 3.45. The Labute approximate surface area is 189 Å². The SMILES string of the molecule is c1ccc(-c2nc(-c3ccccc3)nc(-c3ccc4c(c3)[te]c3ccccc34)n2)cc1. The Kier molecular flexibility index (Phi) is 4.61. The van der Waals surface area contributed by atoms with Crippen molar-refractivity contribution in [3.8, 4) is 34.2 Å². The molecule has 0 spiro atoms. The van der Waals surface area contributed by atoms with E-state index in [1.165, 1.54) is 17.6 Å². The van der Waals surface area contributed by atoms with Crippen molar-refractivity contribution >= 4 is 38.0 Å². The first kappa shape index (κ1) is 18.4. The quantitative estimate of drug-likeness (QED) is 0.265. The second-order valence-corrected chi connectivity index (χ2v) is 10.4. The van der Waals surface area contributed by atoms with Crippen molar-refractivity contribution in [2.75, 3.05) is 0 Å². The van der Waals surface area contributed by atoms with Crippen molar-refractivity contribution in [1.29, 1.82) is 0 Å². The standard InChI is InChI=1S/C27H17N3Te/c1-3-9-18(10-4-1)25-28-26(19-11-5-2-6-12-19)30-27(29-25)20-15-16-22-21-13-7-8-14-23(21)31-24(22)17-20/h1-17H. The Morgan fingerprint density at radius 1 is 0.419 bits per heavy atom. The number of fused-ring (bicyclic) bond motifs is 3. The van der Waals surface area contributed by atoms with Gasteiger partial charge in [-0.1, -0.05) is 0 Å². The Balaban J connectivity index is 1.56. The molecule has 0 aliphatic heterocycles. The van der Waals surface area contributed by atoms with Gasteiger partial charge in [-0.3, -0.25) is 0 Å². The predicted octanol–water partition coefficient (Wildman–Crippen LogP) is 6.24. The Hall–Kier alpha value is -3.32. The van der Waals surface area contributed by atoms with Gasteiger partial charge in [-0.2, -0.15) is 0 Å². The van der Waals surface area contributed by atoms with Crippen molar-refractivity contribution in [1.82, 2.24) is 15.0 Å². The summed E-state index contributed by atoms with van der Waals surface area (Å²) in [6, 6.07) is 35.7. The number of hydrogen-bond acceptors (Lipinski definition) is 3. The average molecular weight is 511 g/mol. The van der Waals surface area contributed by atoms with Crippen molar-refractivity contribution in [3.63, 3.8) is 0 Å². The van der Waals surface area contributed by atoms with Crippen LogP contribution in [0.25, 0.3) is 51.7 Å². The molecule has 3 nitrogen and oxygen atoms in total. The summed E-state index contributed by atoms with van der Waals surface area (Å²) < 4.78 is 2.96. The van der Waals surface area contributed by atoms with Gasteiger partial charge < -0.3 is 0 Å². The van der Waals surface area contributed by atoms with Crippen LogP contribution in [-0.4, -0.2) is 35.4 Å². The van der Waals surface area contributed by atoms with Crippen molar-refractivity contribution in [3.05, 3.63) is 103 Å². The fourth-order valence-corrected chi connectivity index (χ4v) is 7.07. The summed E-state index contributed by atoms with van der Waals surface area (Å²) in [6.07, 6.45) is 0. The Bertz CT molecular complexity index is 1460. The first-order chi connectivity index (χ1) is 15.3. The van der Waals surface area contributed by atoms with Gasteiger partial charge in [-0.05, 0) is 0 Å². The van der Waals surface area contributed by atoms with E-state index in [2.05, 4.69) is 42.5 Å². The van der Waals surface area contributed by atoms with Crippen LogP contribution in [0.3, 0.4) is 0 Å². The first-order valence-corrected chi connectivity index (χ1v) is 12.5. The number of hydrogen-bond donors (Lipinski definition) is 0. The first-order valence-electron chi connectivity index (χ1n) is 10.1. The zero-order chi connectivity index (χ0) is 20.6. The number of rotatable bonds is 3. The van der Waals surface area contributed by atoms with Crippen molar-refractivity contribution < 1.29 is 0 Å². The molecule has 0 unspecified atom stereocenters. The monoisotopic (exact) mass is 513 g/mol. The van der Waals surface area contributed by atoms with Gasteiger partial charge in [0, 0.05) is 0 Å². The second-order valence-electron chi connectivity index (χ2n) is 7.35. The van der Waals surface area contributed by atoms with Gasteiger partial charge in [0.15, 0.2) is 0 Å². The molecule has 0 aliphatic carbocycles. The van der Waals surface area contributed by atoms with Crippen LogP contribution < -0.4 is 0 Å². The molecule has 2 aromatic heterocycles. The Morgan fingerprint density at radius 2 is 0.935 bits per heavy atom. The van der Waals surface area contributed by atoms with Crippen LogP contribution >= 0.6 is 0 Å². The third-order valence-electron chi connectivity index (χ3n) is 5.34. The molecule has 0 fully saturated rings. The van der Waals surface area contributed by atoms with Crippen molar-refractivity contribution in [2.24, 2.45) is 0 Å². The molecule has 146 valence electrons. The topological polar surface area (TPSA) is 38.7 Å². The molecule has 0 atom stereocenters. The van der Waals surface area contributed by atoms with Crippen LogP contribution in [0.15, 0.2) is 103 Å². The summed E-state index contributed by atoms with van der Waals surface area (Å²) in [5, 5.41) is 2.75. The van der Waals surface area contributed by atoms with Crippen LogP contribution in [0.5, 0.6) is 0 Å². The Morgan fingerprint density at radius 3 is 1.58 bits per heavy atom. The molecule has 6 aromatic rings. The molecular formula is C27H17N3Te. The molecule has 0 amide bonds.